The fourth-order valence-corrected chi connectivity index (χ4v) is 9.32. The number of para-hydroxylation sites is 2. The highest BCUT2D eigenvalue weighted by Crippen LogP contribution is 2.55. The first kappa shape index (κ1) is 29.5. The van der Waals surface area contributed by atoms with Gasteiger partial charge in [-0.2, -0.15) is 0 Å². The summed E-state index contributed by atoms with van der Waals surface area (Å²) < 4.78 is 6.49. The third-order valence-corrected chi connectivity index (χ3v) is 12.1. The number of hydrogen-bond donors (Lipinski definition) is 0. The van der Waals surface area contributed by atoms with Crippen LogP contribution >= 0.6 is 0 Å². The second-order valence-electron chi connectivity index (χ2n) is 15.5. The maximum atomic E-state index is 6.49. The van der Waals surface area contributed by atoms with Crippen LogP contribution in [-0.2, 0) is 10.8 Å². The molecule has 9 aromatic rings. The molecule has 1 aromatic heterocycles. The molecule has 0 amide bonds. The zero-order valence-electron chi connectivity index (χ0n) is 29.4. The van der Waals surface area contributed by atoms with Crippen LogP contribution in [0.15, 0.2) is 132 Å². The van der Waals surface area contributed by atoms with E-state index in [1.807, 2.05) is 6.07 Å². The summed E-state index contributed by atoms with van der Waals surface area (Å²) in [5.74, 6) is 0. The van der Waals surface area contributed by atoms with Gasteiger partial charge in [-0.25, -0.2) is 0 Å². The molecule has 242 valence electrons. The number of furan rings is 1. The van der Waals surface area contributed by atoms with E-state index >= 15 is 0 Å². The van der Waals surface area contributed by atoms with Gasteiger partial charge in [0.15, 0.2) is 0 Å². The van der Waals surface area contributed by atoms with Gasteiger partial charge in [0, 0.05) is 21.8 Å². The predicted octanol–water partition coefficient (Wildman–Crippen LogP) is 14.2. The molecule has 1 aliphatic carbocycles. The molecule has 0 atom stereocenters. The highest BCUT2D eigenvalue weighted by molar-refractivity contribution is 6.25. The summed E-state index contributed by atoms with van der Waals surface area (Å²) in [7, 11) is 0. The number of rotatable bonds is 4. The van der Waals surface area contributed by atoms with Crippen LogP contribution in [0.3, 0.4) is 0 Å². The summed E-state index contributed by atoms with van der Waals surface area (Å²) in [4.78, 5) is 0. The van der Waals surface area contributed by atoms with Gasteiger partial charge in [0.2, 0.25) is 0 Å². The first-order valence-corrected chi connectivity index (χ1v) is 18.2. The zero-order valence-corrected chi connectivity index (χ0v) is 29.4. The minimum absolute atomic E-state index is 0.0639. The molecule has 0 N–H and O–H groups in total. The number of hydrogen-bond acceptors (Lipinski definition) is 1. The van der Waals surface area contributed by atoms with E-state index in [9.17, 15) is 0 Å². The molecule has 1 nitrogen and oxygen atoms in total. The summed E-state index contributed by atoms with van der Waals surface area (Å²) in [6, 6.07) is 48.1. The van der Waals surface area contributed by atoms with Crippen molar-refractivity contribution in [3.63, 3.8) is 0 Å². The summed E-state index contributed by atoms with van der Waals surface area (Å²) in [6.07, 6.45) is 2.08. The van der Waals surface area contributed by atoms with E-state index in [0.29, 0.717) is 0 Å². The summed E-state index contributed by atoms with van der Waals surface area (Å²) in [6.45, 7) is 11.6. The molecule has 1 heteroatoms. The van der Waals surface area contributed by atoms with E-state index in [1.54, 1.807) is 0 Å². The summed E-state index contributed by atoms with van der Waals surface area (Å²) >= 11 is 0. The molecule has 1 heterocycles. The average Bonchev–Trinajstić information content (AvgIpc) is 3.66. The molecule has 50 heavy (non-hydrogen) atoms. The van der Waals surface area contributed by atoms with E-state index < -0.39 is 0 Å². The standard InChI is InChI=1S/C49H40O/c1-6-49(7-2)42-27-30(35-21-17-29-15-16-32-25-34(48(3,4)5)26-33-20-24-40(35)46(29)45(32)33)18-22-37(42)38-23-19-31(28-43(38)49)36-12-10-13-41-39-11-8-9-14-44(39)50-47(36)41/h8-28H,6-7H2,1-5H3. The minimum Gasteiger partial charge on any atom is -0.455 e. The van der Waals surface area contributed by atoms with Gasteiger partial charge in [0.1, 0.15) is 11.2 Å². The van der Waals surface area contributed by atoms with Crippen LogP contribution in [0.4, 0.5) is 0 Å². The lowest BCUT2D eigenvalue weighted by Gasteiger charge is -2.30. The van der Waals surface area contributed by atoms with Crippen LogP contribution in [0.25, 0.3) is 87.6 Å². The summed E-state index contributed by atoms with van der Waals surface area (Å²) in [5.41, 5.74) is 13.9. The Balaban J connectivity index is 1.14. The van der Waals surface area contributed by atoms with Crippen molar-refractivity contribution in [2.45, 2.75) is 58.3 Å². The molecule has 0 aliphatic heterocycles. The Hall–Kier alpha value is -5.40. The van der Waals surface area contributed by atoms with Crippen LogP contribution in [0.5, 0.6) is 0 Å². The van der Waals surface area contributed by atoms with Gasteiger partial charge >= 0.3 is 0 Å². The molecule has 0 unspecified atom stereocenters. The lowest BCUT2D eigenvalue weighted by molar-refractivity contribution is 0.491. The van der Waals surface area contributed by atoms with Crippen molar-refractivity contribution in [3.8, 4) is 33.4 Å². The second kappa shape index (κ2) is 10.3. The Morgan fingerprint density at radius 3 is 1.80 bits per heavy atom. The first-order chi connectivity index (χ1) is 24.3. The normalized spacial score (nSPS) is 14.0. The lowest BCUT2D eigenvalue weighted by atomic mass is 9.73. The Morgan fingerprint density at radius 1 is 0.500 bits per heavy atom. The molecule has 1 aliphatic rings. The lowest BCUT2D eigenvalue weighted by Crippen LogP contribution is -2.23. The molecule has 0 fully saturated rings. The van der Waals surface area contributed by atoms with Crippen molar-refractivity contribution in [1.29, 1.82) is 0 Å². The third-order valence-electron chi connectivity index (χ3n) is 12.1. The SMILES string of the molecule is CCC1(CC)c2cc(-c3ccc4ccc5cc(C(C)(C)C)cc6ccc3c4c56)ccc2-c2ccc(-c3cccc4c3oc3ccccc34)cc21. The van der Waals surface area contributed by atoms with Crippen molar-refractivity contribution in [3.05, 3.63) is 144 Å². The van der Waals surface area contributed by atoms with Gasteiger partial charge in [0.25, 0.3) is 0 Å². The van der Waals surface area contributed by atoms with Crippen molar-refractivity contribution in [2.24, 2.45) is 0 Å². The topological polar surface area (TPSA) is 13.1 Å². The second-order valence-corrected chi connectivity index (χ2v) is 15.5. The smallest absolute Gasteiger partial charge is 0.143 e. The van der Waals surface area contributed by atoms with E-state index in [2.05, 4.69) is 156 Å². The molecule has 8 aromatic carbocycles. The highest BCUT2D eigenvalue weighted by Gasteiger charge is 2.41. The van der Waals surface area contributed by atoms with Crippen molar-refractivity contribution >= 4 is 54.3 Å². The van der Waals surface area contributed by atoms with Crippen molar-refractivity contribution in [1.82, 2.24) is 0 Å². The van der Waals surface area contributed by atoms with Crippen LogP contribution in [0, 0.1) is 0 Å². The summed E-state index contributed by atoms with van der Waals surface area (Å²) in [5, 5.41) is 10.4. The molecule has 0 bridgehead atoms. The van der Waals surface area contributed by atoms with E-state index in [4.69, 9.17) is 4.42 Å². The Kier molecular flexibility index (Phi) is 6.09. The maximum Gasteiger partial charge on any atom is 0.143 e. The largest absolute Gasteiger partial charge is 0.455 e. The fourth-order valence-electron chi connectivity index (χ4n) is 9.32. The van der Waals surface area contributed by atoms with Crippen molar-refractivity contribution < 1.29 is 4.42 Å². The predicted molar refractivity (Wildman–Crippen MR) is 214 cm³/mol. The maximum absolute atomic E-state index is 6.49. The van der Waals surface area contributed by atoms with Gasteiger partial charge in [-0.05, 0) is 113 Å². The molecule has 0 saturated carbocycles. The molecule has 0 spiro atoms. The monoisotopic (exact) mass is 644 g/mol. The van der Waals surface area contributed by atoms with Crippen molar-refractivity contribution in [2.75, 3.05) is 0 Å². The van der Waals surface area contributed by atoms with Gasteiger partial charge in [-0.15, -0.1) is 0 Å². The molecule has 0 radical (unpaired) electrons. The highest BCUT2D eigenvalue weighted by atomic mass is 16.3. The van der Waals surface area contributed by atoms with Crippen LogP contribution in [-0.4, -0.2) is 0 Å². The Bertz CT molecular complexity index is 2800. The zero-order chi connectivity index (χ0) is 33.9. The van der Waals surface area contributed by atoms with Crippen LogP contribution in [0.2, 0.25) is 0 Å². The average molecular weight is 645 g/mol. The van der Waals surface area contributed by atoms with E-state index in [-0.39, 0.29) is 10.8 Å². The Morgan fingerprint density at radius 2 is 1.10 bits per heavy atom. The van der Waals surface area contributed by atoms with E-state index in [1.165, 1.54) is 87.6 Å². The molecule has 10 rings (SSSR count). The van der Waals surface area contributed by atoms with Gasteiger partial charge in [-0.1, -0.05) is 144 Å². The molecular weight excluding hydrogens is 605 g/mol. The minimum atomic E-state index is -0.0639. The third kappa shape index (κ3) is 3.95. The fraction of sp³-hybridized carbons (Fsp3) is 0.184. The van der Waals surface area contributed by atoms with Crippen LogP contribution in [0.1, 0.15) is 64.2 Å². The van der Waals surface area contributed by atoms with E-state index in [0.717, 1.165) is 29.6 Å². The van der Waals surface area contributed by atoms with Gasteiger partial charge < -0.3 is 4.42 Å². The number of benzene rings is 8. The molecule has 0 saturated heterocycles. The quantitative estimate of drug-likeness (QED) is 0.174. The van der Waals surface area contributed by atoms with Gasteiger partial charge in [0.05, 0.1) is 0 Å². The first-order valence-electron chi connectivity index (χ1n) is 18.2. The number of fused-ring (bicyclic) bond motifs is 6. The Labute approximate surface area is 293 Å². The van der Waals surface area contributed by atoms with Gasteiger partial charge in [-0.3, -0.25) is 0 Å². The molecular formula is C49H40O. The van der Waals surface area contributed by atoms with Crippen LogP contribution < -0.4 is 0 Å².